The second-order valence-corrected chi connectivity index (χ2v) is 9.27. The molecule has 11 nitrogen and oxygen atoms in total. The lowest BCUT2D eigenvalue weighted by molar-refractivity contribution is -0.385. The molecular weight excluding hydrogens is 428 g/mol. The molecule has 0 saturated heterocycles. The summed E-state index contributed by atoms with van der Waals surface area (Å²) in [7, 11) is -4.01. The Hall–Kier alpha value is -3.64. The van der Waals surface area contributed by atoms with E-state index in [0.717, 1.165) is 12.1 Å². The fourth-order valence-electron chi connectivity index (χ4n) is 2.85. The molecular formula is C19H18N4O7S. The fourth-order valence-corrected chi connectivity index (χ4v) is 4.29. The van der Waals surface area contributed by atoms with Gasteiger partial charge in [0.15, 0.2) is 5.75 Å². The first-order valence-corrected chi connectivity index (χ1v) is 10.4. The highest BCUT2D eigenvalue weighted by molar-refractivity contribution is 7.89. The molecule has 162 valence electrons. The second kappa shape index (κ2) is 7.89. The van der Waals surface area contributed by atoms with Gasteiger partial charge in [-0.1, -0.05) is 0 Å². The first-order chi connectivity index (χ1) is 14.4. The van der Waals surface area contributed by atoms with E-state index in [1.54, 1.807) is 20.8 Å². The first kappa shape index (κ1) is 22.1. The molecule has 1 aromatic heterocycles. The Balaban J connectivity index is 2.08. The number of ether oxygens (including phenoxy) is 1. The number of non-ortho nitro benzene ring substituents is 1. The molecule has 31 heavy (non-hydrogen) atoms. The molecule has 0 fully saturated rings. The lowest BCUT2D eigenvalue weighted by Gasteiger charge is -2.20. The topological polar surface area (TPSA) is 155 Å². The van der Waals surface area contributed by atoms with Crippen molar-refractivity contribution in [2.45, 2.75) is 31.2 Å². The van der Waals surface area contributed by atoms with E-state index in [9.17, 15) is 28.6 Å². The Kier molecular flexibility index (Phi) is 5.61. The SMILES string of the molecule is CC(C)(C)NS(=O)(=O)c1ccc(Oc2ccc([N+](=O)[O-])c3cccnc23)c([N+](=O)[O-])c1. The van der Waals surface area contributed by atoms with Crippen LogP contribution < -0.4 is 9.46 Å². The van der Waals surface area contributed by atoms with Crippen LogP contribution in [-0.2, 0) is 10.0 Å². The average Bonchev–Trinajstić information content (AvgIpc) is 2.66. The number of nitro benzene ring substituents is 2. The Morgan fingerprint density at radius 1 is 0.968 bits per heavy atom. The molecule has 0 aliphatic heterocycles. The fraction of sp³-hybridized carbons (Fsp3) is 0.211. The van der Waals surface area contributed by atoms with Gasteiger partial charge in [0.05, 0.1) is 20.1 Å². The van der Waals surface area contributed by atoms with Crippen molar-refractivity contribution >= 4 is 32.3 Å². The average molecular weight is 446 g/mol. The minimum absolute atomic E-state index is 0.0488. The van der Waals surface area contributed by atoms with Crippen molar-refractivity contribution in [3.63, 3.8) is 0 Å². The van der Waals surface area contributed by atoms with Gasteiger partial charge in [0.2, 0.25) is 15.8 Å². The molecule has 2 aromatic carbocycles. The molecule has 0 amide bonds. The molecule has 3 rings (SSSR count). The van der Waals surface area contributed by atoms with Crippen molar-refractivity contribution in [2.75, 3.05) is 0 Å². The van der Waals surface area contributed by atoms with Crippen molar-refractivity contribution in [1.82, 2.24) is 9.71 Å². The van der Waals surface area contributed by atoms with E-state index in [-0.39, 0.29) is 33.0 Å². The third-order valence-corrected chi connectivity index (χ3v) is 5.76. The lowest BCUT2D eigenvalue weighted by Crippen LogP contribution is -2.40. The maximum Gasteiger partial charge on any atom is 0.312 e. The summed E-state index contributed by atoms with van der Waals surface area (Å²) in [5.74, 6) is -0.187. The van der Waals surface area contributed by atoms with E-state index in [1.165, 1.54) is 36.5 Å². The van der Waals surface area contributed by atoms with Crippen LogP contribution in [0, 0.1) is 20.2 Å². The Labute approximate surface area is 177 Å². The predicted molar refractivity (Wildman–Crippen MR) is 112 cm³/mol. The Morgan fingerprint density at radius 3 is 2.23 bits per heavy atom. The summed E-state index contributed by atoms with van der Waals surface area (Å²) >= 11 is 0. The molecule has 1 N–H and O–H groups in total. The number of rotatable bonds is 6. The van der Waals surface area contributed by atoms with E-state index < -0.39 is 31.1 Å². The number of sulfonamides is 1. The van der Waals surface area contributed by atoms with Crippen LogP contribution in [0.2, 0.25) is 0 Å². The standard InChI is InChI=1S/C19H18N4O7S/c1-19(2,3)21-31(28,29)12-6-8-16(15(11-12)23(26)27)30-17-9-7-14(22(24)25)13-5-4-10-20-18(13)17/h4-11,21H,1-3H3. The predicted octanol–water partition coefficient (Wildman–Crippen LogP) is 3.92. The number of hydrogen-bond donors (Lipinski definition) is 1. The number of hydrogen-bond acceptors (Lipinski definition) is 8. The number of nitro groups is 2. The van der Waals surface area contributed by atoms with Gasteiger partial charge in [0.25, 0.3) is 5.69 Å². The summed E-state index contributed by atoms with van der Waals surface area (Å²) < 4.78 is 33.1. The van der Waals surface area contributed by atoms with Crippen molar-refractivity contribution in [1.29, 1.82) is 0 Å². The highest BCUT2D eigenvalue weighted by Gasteiger charge is 2.27. The van der Waals surface area contributed by atoms with Gasteiger partial charge in [0, 0.05) is 23.9 Å². The molecule has 1 heterocycles. The maximum absolute atomic E-state index is 12.5. The van der Waals surface area contributed by atoms with E-state index in [0.29, 0.717) is 0 Å². The summed E-state index contributed by atoms with van der Waals surface area (Å²) in [6.07, 6.45) is 1.40. The first-order valence-electron chi connectivity index (χ1n) is 8.91. The van der Waals surface area contributed by atoms with Gasteiger partial charge in [-0.25, -0.2) is 13.1 Å². The molecule has 0 saturated carbocycles. The van der Waals surface area contributed by atoms with E-state index in [1.807, 2.05) is 0 Å². The van der Waals surface area contributed by atoms with Crippen molar-refractivity contribution in [3.8, 4) is 11.5 Å². The molecule has 0 unspecified atom stereocenters. The van der Waals surface area contributed by atoms with Crippen LogP contribution in [0.15, 0.2) is 53.6 Å². The minimum Gasteiger partial charge on any atom is -0.448 e. The summed E-state index contributed by atoms with van der Waals surface area (Å²) in [6.45, 7) is 4.93. The summed E-state index contributed by atoms with van der Waals surface area (Å²) in [4.78, 5) is 25.3. The van der Waals surface area contributed by atoms with E-state index >= 15 is 0 Å². The summed E-state index contributed by atoms with van der Waals surface area (Å²) in [6, 6.07) is 8.71. The smallest absolute Gasteiger partial charge is 0.312 e. The third kappa shape index (κ3) is 4.75. The van der Waals surface area contributed by atoms with Crippen molar-refractivity contribution in [3.05, 3.63) is 68.9 Å². The number of nitrogens with zero attached hydrogens (tertiary/aromatic N) is 3. The Bertz CT molecular complexity index is 1300. The molecule has 0 spiro atoms. The van der Waals surface area contributed by atoms with Crippen LogP contribution in [0.5, 0.6) is 11.5 Å². The molecule has 0 bridgehead atoms. The van der Waals surface area contributed by atoms with Crippen LogP contribution in [0.1, 0.15) is 20.8 Å². The molecule has 0 aliphatic carbocycles. The van der Waals surface area contributed by atoms with E-state index in [4.69, 9.17) is 4.74 Å². The van der Waals surface area contributed by atoms with Gasteiger partial charge in [-0.2, -0.15) is 0 Å². The normalized spacial score (nSPS) is 12.0. The van der Waals surface area contributed by atoms with Crippen LogP contribution in [0.3, 0.4) is 0 Å². The number of aromatic nitrogens is 1. The van der Waals surface area contributed by atoms with Crippen molar-refractivity contribution in [2.24, 2.45) is 0 Å². The number of pyridine rings is 1. The van der Waals surface area contributed by atoms with Crippen LogP contribution in [0.25, 0.3) is 10.9 Å². The van der Waals surface area contributed by atoms with E-state index in [2.05, 4.69) is 9.71 Å². The Morgan fingerprint density at radius 2 is 1.61 bits per heavy atom. The molecule has 0 radical (unpaired) electrons. The van der Waals surface area contributed by atoms with Gasteiger partial charge in [0.1, 0.15) is 5.52 Å². The highest BCUT2D eigenvalue weighted by Crippen LogP contribution is 2.38. The second-order valence-electron chi connectivity index (χ2n) is 7.58. The molecule has 0 aliphatic rings. The molecule has 12 heteroatoms. The maximum atomic E-state index is 12.5. The summed E-state index contributed by atoms with van der Waals surface area (Å²) in [5.41, 5.74) is -1.43. The number of nitrogens with one attached hydrogen (secondary N) is 1. The van der Waals surface area contributed by atoms with Gasteiger partial charge in [-0.3, -0.25) is 25.2 Å². The van der Waals surface area contributed by atoms with Gasteiger partial charge >= 0.3 is 5.69 Å². The quantitative estimate of drug-likeness (QED) is 0.441. The molecule has 3 aromatic rings. The zero-order valence-electron chi connectivity index (χ0n) is 16.7. The van der Waals surface area contributed by atoms with Gasteiger partial charge < -0.3 is 4.74 Å². The van der Waals surface area contributed by atoms with Crippen LogP contribution >= 0.6 is 0 Å². The van der Waals surface area contributed by atoms with Gasteiger partial charge in [-0.05, 0) is 51.1 Å². The third-order valence-electron chi connectivity index (χ3n) is 4.00. The molecule has 0 atom stereocenters. The zero-order chi connectivity index (χ0) is 23.0. The number of benzene rings is 2. The van der Waals surface area contributed by atoms with Crippen molar-refractivity contribution < 1.29 is 23.0 Å². The largest absolute Gasteiger partial charge is 0.448 e. The van der Waals surface area contributed by atoms with Crippen LogP contribution in [-0.4, -0.2) is 28.8 Å². The minimum atomic E-state index is -4.01. The highest BCUT2D eigenvalue weighted by atomic mass is 32.2. The monoisotopic (exact) mass is 446 g/mol. The van der Waals surface area contributed by atoms with Crippen LogP contribution in [0.4, 0.5) is 11.4 Å². The lowest BCUT2D eigenvalue weighted by atomic mass is 10.1. The number of fused-ring (bicyclic) bond motifs is 1. The van der Waals surface area contributed by atoms with Gasteiger partial charge in [-0.15, -0.1) is 0 Å². The zero-order valence-corrected chi connectivity index (χ0v) is 17.5. The summed E-state index contributed by atoms with van der Waals surface area (Å²) in [5, 5.41) is 23.0.